The molecule has 1 nitrogen and oxygen atoms in total. The van der Waals surface area contributed by atoms with Crippen LogP contribution < -0.4 is 25.6 Å². The number of rotatable bonds is 1. The Morgan fingerprint density at radius 2 is 0.769 bits per heavy atom. The van der Waals surface area contributed by atoms with Crippen LogP contribution in [-0.2, 0) is 5.41 Å². The fourth-order valence-corrected chi connectivity index (χ4v) is 17.1. The summed E-state index contributed by atoms with van der Waals surface area (Å²) in [6.07, 6.45) is 0. The fourth-order valence-electron chi connectivity index (χ4n) is 10.3. The molecule has 3 heteroatoms. The van der Waals surface area contributed by atoms with E-state index in [0.717, 1.165) is 0 Å². The molecule has 0 saturated carbocycles. The molecule has 0 radical (unpaired) electrons. The van der Waals surface area contributed by atoms with E-state index in [-0.39, 0.29) is 0 Å². The van der Waals surface area contributed by atoms with Gasteiger partial charge in [0.1, 0.15) is 0 Å². The molecule has 0 aromatic heterocycles. The maximum Gasteiger partial charge on any atom is 0.182 e. The molecule has 4 aliphatic rings. The Morgan fingerprint density at radius 3 is 1.29 bits per heavy atom. The molecule has 0 amide bonds. The average molecular weight is 694 g/mol. The highest BCUT2D eigenvalue weighted by atomic mass is 32.2. The first-order chi connectivity index (χ1) is 25.8. The van der Waals surface area contributed by atoms with Crippen LogP contribution in [-0.4, -0.2) is 8.07 Å². The van der Waals surface area contributed by atoms with Crippen LogP contribution in [0.3, 0.4) is 0 Å². The number of fused-ring (bicyclic) bond motifs is 18. The Balaban J connectivity index is 1.16. The highest BCUT2D eigenvalue weighted by Crippen LogP contribution is 2.62. The third-order valence-corrected chi connectivity index (χ3v) is 18.2. The van der Waals surface area contributed by atoms with Crippen molar-refractivity contribution in [3.8, 4) is 22.3 Å². The molecule has 52 heavy (non-hydrogen) atoms. The van der Waals surface area contributed by atoms with Crippen molar-refractivity contribution in [1.82, 2.24) is 0 Å². The van der Waals surface area contributed by atoms with Crippen molar-refractivity contribution in [2.45, 2.75) is 15.2 Å². The van der Waals surface area contributed by atoms with Gasteiger partial charge < -0.3 is 4.90 Å². The maximum atomic E-state index is 2.57. The van der Waals surface area contributed by atoms with Crippen LogP contribution in [0.25, 0.3) is 22.3 Å². The number of hydrogen-bond donors (Lipinski definition) is 0. The molecule has 8 aromatic carbocycles. The quantitative estimate of drug-likeness (QED) is 0.158. The van der Waals surface area contributed by atoms with Crippen molar-refractivity contribution in [3.63, 3.8) is 0 Å². The molecular formula is C49H31NSSi. The summed E-state index contributed by atoms with van der Waals surface area (Å²) >= 11 is 1.89. The van der Waals surface area contributed by atoms with Crippen LogP contribution in [0.15, 0.2) is 198 Å². The summed E-state index contributed by atoms with van der Waals surface area (Å²) in [6, 6.07) is 71.5. The van der Waals surface area contributed by atoms with Gasteiger partial charge in [0.25, 0.3) is 0 Å². The first-order valence-corrected chi connectivity index (χ1v) is 20.9. The maximum absolute atomic E-state index is 2.59. The Labute approximate surface area is 308 Å². The highest BCUT2D eigenvalue weighted by molar-refractivity contribution is 7.99. The second kappa shape index (κ2) is 10.4. The van der Waals surface area contributed by atoms with E-state index < -0.39 is 13.5 Å². The second-order valence-corrected chi connectivity index (χ2v) is 19.1. The number of anilines is 3. The Morgan fingerprint density at radius 1 is 0.365 bits per heavy atom. The van der Waals surface area contributed by atoms with Gasteiger partial charge in [-0.15, -0.1) is 0 Å². The Kier molecular flexibility index (Phi) is 5.73. The number of benzene rings is 8. The molecule has 0 bridgehead atoms. The SMILES string of the molecule is c1ccc2c(c1)Sc1ccccc1C21c2ccccc2N(c2ccc3c(c2)[Si]2(c4ccccc4-c4ccccc42)c2ccccc2-3)c2ccccc21. The van der Waals surface area contributed by atoms with Crippen molar-refractivity contribution in [1.29, 1.82) is 0 Å². The summed E-state index contributed by atoms with van der Waals surface area (Å²) in [5, 5.41) is 6.01. The van der Waals surface area contributed by atoms with Gasteiger partial charge in [0.2, 0.25) is 0 Å². The number of nitrogens with zero attached hydrogens (tertiary/aromatic N) is 1. The van der Waals surface area contributed by atoms with Gasteiger partial charge in [0.15, 0.2) is 8.07 Å². The topological polar surface area (TPSA) is 3.24 Å². The summed E-state index contributed by atoms with van der Waals surface area (Å²) in [6.45, 7) is 0. The fraction of sp³-hybridized carbons (Fsp3) is 0.0204. The van der Waals surface area contributed by atoms with Crippen LogP contribution >= 0.6 is 11.8 Å². The highest BCUT2D eigenvalue weighted by Gasteiger charge is 2.55. The van der Waals surface area contributed by atoms with E-state index in [9.17, 15) is 0 Å². The largest absolute Gasteiger partial charge is 0.310 e. The number of para-hydroxylation sites is 2. The van der Waals surface area contributed by atoms with E-state index in [1.165, 1.54) is 92.1 Å². The summed E-state index contributed by atoms with van der Waals surface area (Å²) in [5.74, 6) is 0. The molecular weight excluding hydrogens is 663 g/mol. The third-order valence-electron chi connectivity index (χ3n) is 12.1. The predicted molar refractivity (Wildman–Crippen MR) is 219 cm³/mol. The summed E-state index contributed by atoms with van der Waals surface area (Å²) in [5.41, 5.74) is 14.1. The smallest absolute Gasteiger partial charge is 0.182 e. The van der Waals surface area contributed by atoms with Crippen molar-refractivity contribution in [3.05, 3.63) is 210 Å². The second-order valence-electron chi connectivity index (χ2n) is 14.3. The minimum Gasteiger partial charge on any atom is -0.310 e. The zero-order valence-corrected chi connectivity index (χ0v) is 30.1. The third kappa shape index (κ3) is 3.37. The standard InChI is InChI=1S/C49H31NSSi/c1-12-26-45-33(15-1)34-16-2-13-27-46(34)52(45)47-28-14-3-17-35(47)36-30-29-32(31-48(36)52)50-41-22-8-4-18-37(41)49(38-19-5-9-23-42(38)50)39-20-6-10-24-43(39)51-44-25-11-7-21-40(44)49/h1-31H. The number of hydrogen-bond acceptors (Lipinski definition) is 2. The lowest BCUT2D eigenvalue weighted by Gasteiger charge is -2.49. The Bertz CT molecular complexity index is 2660. The summed E-state index contributed by atoms with van der Waals surface area (Å²) in [7, 11) is -2.59. The van der Waals surface area contributed by atoms with Crippen molar-refractivity contribution in [2.24, 2.45) is 0 Å². The predicted octanol–water partition coefficient (Wildman–Crippen LogP) is 9.66. The monoisotopic (exact) mass is 693 g/mol. The molecule has 0 unspecified atom stereocenters. The van der Waals surface area contributed by atoms with Gasteiger partial charge in [-0.3, -0.25) is 0 Å². The van der Waals surface area contributed by atoms with Crippen LogP contribution in [0.4, 0.5) is 17.1 Å². The van der Waals surface area contributed by atoms with E-state index in [1.54, 1.807) is 0 Å². The van der Waals surface area contributed by atoms with Gasteiger partial charge in [-0.1, -0.05) is 163 Å². The molecule has 0 fully saturated rings. The van der Waals surface area contributed by atoms with E-state index >= 15 is 0 Å². The van der Waals surface area contributed by atoms with Gasteiger partial charge in [-0.05, 0) is 102 Å². The molecule has 242 valence electrons. The van der Waals surface area contributed by atoms with E-state index in [4.69, 9.17) is 0 Å². The van der Waals surface area contributed by atoms with Crippen LogP contribution in [0.1, 0.15) is 22.3 Å². The molecule has 0 N–H and O–H groups in total. The van der Waals surface area contributed by atoms with Crippen molar-refractivity contribution < 1.29 is 0 Å². The normalized spacial score (nSPS) is 15.5. The van der Waals surface area contributed by atoms with Crippen LogP contribution in [0, 0.1) is 0 Å². The molecule has 0 saturated heterocycles. The van der Waals surface area contributed by atoms with E-state index in [0.29, 0.717) is 0 Å². The minimum absolute atomic E-state index is 0.450. The average Bonchev–Trinajstić information content (AvgIpc) is 3.68. The van der Waals surface area contributed by atoms with E-state index in [2.05, 4.69) is 193 Å². The lowest BCUT2D eigenvalue weighted by molar-refractivity contribution is 0.692. The van der Waals surface area contributed by atoms with Gasteiger partial charge in [0, 0.05) is 15.5 Å². The van der Waals surface area contributed by atoms with Crippen molar-refractivity contribution in [2.75, 3.05) is 4.90 Å². The zero-order chi connectivity index (χ0) is 34.0. The molecule has 8 aromatic rings. The van der Waals surface area contributed by atoms with Crippen LogP contribution in [0.5, 0.6) is 0 Å². The van der Waals surface area contributed by atoms with Gasteiger partial charge >= 0.3 is 0 Å². The molecule has 2 spiro atoms. The lowest BCUT2D eigenvalue weighted by atomic mass is 9.62. The molecule has 0 atom stereocenters. The first-order valence-electron chi connectivity index (χ1n) is 18.1. The van der Waals surface area contributed by atoms with Gasteiger partial charge in [-0.2, -0.15) is 0 Å². The lowest BCUT2D eigenvalue weighted by Crippen LogP contribution is -2.70. The van der Waals surface area contributed by atoms with Gasteiger partial charge in [0.05, 0.1) is 16.8 Å². The molecule has 4 heterocycles. The van der Waals surface area contributed by atoms with Crippen molar-refractivity contribution >= 4 is 57.6 Å². The first kappa shape index (κ1) is 28.8. The summed E-state index contributed by atoms with van der Waals surface area (Å²) in [4.78, 5) is 5.20. The minimum atomic E-state index is -2.59. The summed E-state index contributed by atoms with van der Waals surface area (Å²) < 4.78 is 0. The van der Waals surface area contributed by atoms with Crippen LogP contribution in [0.2, 0.25) is 0 Å². The van der Waals surface area contributed by atoms with E-state index in [1.807, 2.05) is 11.8 Å². The molecule has 12 rings (SSSR count). The molecule has 0 aliphatic carbocycles. The van der Waals surface area contributed by atoms with Gasteiger partial charge in [-0.25, -0.2) is 0 Å². The Hall–Kier alpha value is -5.87. The zero-order valence-electron chi connectivity index (χ0n) is 28.3. The molecule has 4 aliphatic heterocycles.